The number of hydrogen-bond acceptors (Lipinski definition) is 5. The molecular weight excluding hydrogens is 378 g/mol. The fourth-order valence-corrected chi connectivity index (χ4v) is 3.28. The summed E-state index contributed by atoms with van der Waals surface area (Å²) < 4.78 is 5.37. The van der Waals surface area contributed by atoms with Gasteiger partial charge in [-0.3, -0.25) is 0 Å². The molecule has 7 heteroatoms. The second kappa shape index (κ2) is 8.92. The van der Waals surface area contributed by atoms with Crippen LogP contribution in [0.1, 0.15) is 11.1 Å². The van der Waals surface area contributed by atoms with Crippen LogP contribution in [0.5, 0.6) is 0 Å². The Morgan fingerprint density at radius 1 is 0.867 bits per heavy atom. The number of anilines is 3. The van der Waals surface area contributed by atoms with Crippen LogP contribution < -0.4 is 15.5 Å². The normalized spacial score (nSPS) is 13.7. The van der Waals surface area contributed by atoms with E-state index in [0.717, 1.165) is 54.6 Å². The minimum absolute atomic E-state index is 0.277. The van der Waals surface area contributed by atoms with Crippen molar-refractivity contribution in [1.29, 1.82) is 0 Å². The molecular formula is C23H25N5O2. The Morgan fingerprint density at radius 3 is 2.23 bits per heavy atom. The Morgan fingerprint density at radius 2 is 1.57 bits per heavy atom. The number of hydrogen-bond donors (Lipinski definition) is 2. The van der Waals surface area contributed by atoms with Gasteiger partial charge in [-0.15, -0.1) is 10.2 Å². The molecule has 1 fully saturated rings. The number of morpholine rings is 1. The van der Waals surface area contributed by atoms with Crippen molar-refractivity contribution < 1.29 is 9.53 Å². The summed E-state index contributed by atoms with van der Waals surface area (Å²) in [6.45, 7) is 7.16. The van der Waals surface area contributed by atoms with E-state index in [1.165, 1.54) is 5.56 Å². The minimum Gasteiger partial charge on any atom is -0.378 e. The van der Waals surface area contributed by atoms with E-state index < -0.39 is 0 Å². The van der Waals surface area contributed by atoms with Crippen LogP contribution >= 0.6 is 0 Å². The van der Waals surface area contributed by atoms with Crippen molar-refractivity contribution in [3.8, 4) is 11.3 Å². The van der Waals surface area contributed by atoms with Crippen LogP contribution in [-0.2, 0) is 4.74 Å². The van der Waals surface area contributed by atoms with Gasteiger partial charge in [0.05, 0.1) is 18.9 Å². The highest BCUT2D eigenvalue weighted by Crippen LogP contribution is 2.21. The van der Waals surface area contributed by atoms with Crippen molar-refractivity contribution in [3.05, 3.63) is 65.7 Å². The van der Waals surface area contributed by atoms with Crippen LogP contribution in [0.15, 0.2) is 54.6 Å². The van der Waals surface area contributed by atoms with Crippen molar-refractivity contribution in [2.24, 2.45) is 0 Å². The van der Waals surface area contributed by atoms with Gasteiger partial charge in [0.25, 0.3) is 0 Å². The number of carbonyl (C=O) groups excluding carboxylic acids is 1. The quantitative estimate of drug-likeness (QED) is 0.681. The molecule has 1 aliphatic heterocycles. The van der Waals surface area contributed by atoms with E-state index in [9.17, 15) is 4.79 Å². The Balaban J connectivity index is 1.37. The van der Waals surface area contributed by atoms with Gasteiger partial charge in [-0.25, -0.2) is 4.79 Å². The molecule has 0 spiro atoms. The first-order valence-electron chi connectivity index (χ1n) is 10.0. The summed E-state index contributed by atoms with van der Waals surface area (Å²) in [5.41, 5.74) is 5.53. The number of rotatable bonds is 4. The number of aromatic nitrogens is 2. The average molecular weight is 403 g/mol. The zero-order valence-corrected chi connectivity index (χ0v) is 17.2. The molecule has 2 amide bonds. The highest BCUT2D eigenvalue weighted by Gasteiger charge is 2.13. The third-order valence-electron chi connectivity index (χ3n) is 5.19. The summed E-state index contributed by atoms with van der Waals surface area (Å²) in [6, 6.07) is 17.1. The summed E-state index contributed by atoms with van der Waals surface area (Å²) in [7, 11) is 0. The van der Waals surface area contributed by atoms with Gasteiger partial charge in [-0.2, -0.15) is 0 Å². The lowest BCUT2D eigenvalue weighted by molar-refractivity contribution is 0.122. The summed E-state index contributed by atoms with van der Waals surface area (Å²) in [6.07, 6.45) is 0. The van der Waals surface area contributed by atoms with Crippen LogP contribution in [-0.4, -0.2) is 42.5 Å². The average Bonchev–Trinajstić information content (AvgIpc) is 2.77. The highest BCUT2D eigenvalue weighted by atomic mass is 16.5. The molecule has 0 saturated carbocycles. The van der Waals surface area contributed by atoms with E-state index in [1.807, 2.05) is 68.4 Å². The Labute approximate surface area is 176 Å². The Bertz CT molecular complexity index is 1010. The van der Waals surface area contributed by atoms with Crippen LogP contribution in [0.3, 0.4) is 0 Å². The van der Waals surface area contributed by atoms with Crippen LogP contribution in [0, 0.1) is 13.8 Å². The minimum atomic E-state index is -0.277. The van der Waals surface area contributed by atoms with Crippen LogP contribution in [0.2, 0.25) is 0 Å². The first kappa shape index (κ1) is 19.8. The smallest absolute Gasteiger partial charge is 0.323 e. The molecule has 0 aliphatic carbocycles. The lowest BCUT2D eigenvalue weighted by Crippen LogP contribution is -2.36. The van der Waals surface area contributed by atoms with E-state index in [2.05, 4.69) is 25.7 Å². The Hall–Kier alpha value is -3.45. The van der Waals surface area contributed by atoms with Gasteiger partial charge in [0, 0.05) is 30.0 Å². The molecule has 0 atom stereocenters. The van der Waals surface area contributed by atoms with Crippen molar-refractivity contribution in [1.82, 2.24) is 10.2 Å². The van der Waals surface area contributed by atoms with E-state index in [1.54, 1.807) is 0 Å². The molecule has 1 saturated heterocycles. The fraction of sp³-hybridized carbons (Fsp3) is 0.261. The van der Waals surface area contributed by atoms with Crippen LogP contribution in [0.25, 0.3) is 11.3 Å². The monoisotopic (exact) mass is 403 g/mol. The van der Waals surface area contributed by atoms with E-state index in [-0.39, 0.29) is 6.03 Å². The molecule has 1 aromatic heterocycles. The van der Waals surface area contributed by atoms with E-state index in [4.69, 9.17) is 4.74 Å². The van der Waals surface area contributed by atoms with Crippen LogP contribution in [0.4, 0.5) is 22.0 Å². The molecule has 0 radical (unpaired) electrons. The van der Waals surface area contributed by atoms with Gasteiger partial charge >= 0.3 is 6.03 Å². The summed E-state index contributed by atoms with van der Waals surface area (Å²) in [5.74, 6) is 0.864. The van der Waals surface area contributed by atoms with Gasteiger partial charge in [0.1, 0.15) is 0 Å². The van der Waals surface area contributed by atoms with Gasteiger partial charge < -0.3 is 20.3 Å². The zero-order chi connectivity index (χ0) is 20.9. The van der Waals surface area contributed by atoms with Gasteiger partial charge in [0.2, 0.25) is 0 Å². The molecule has 2 aromatic carbocycles. The maximum absolute atomic E-state index is 12.3. The first-order valence-corrected chi connectivity index (χ1v) is 10.0. The van der Waals surface area contributed by atoms with Crippen molar-refractivity contribution in [2.45, 2.75) is 13.8 Å². The number of amides is 2. The number of aryl methyl sites for hydroxylation is 2. The molecule has 154 valence electrons. The largest absolute Gasteiger partial charge is 0.378 e. The SMILES string of the molecule is Cc1ccc(NC(=O)Nc2ccc(-c3ccc(N4CCOCC4)nn3)cc2)cc1C. The number of carbonyl (C=O) groups is 1. The van der Waals surface area contributed by atoms with Crippen molar-refractivity contribution in [3.63, 3.8) is 0 Å². The lowest BCUT2D eigenvalue weighted by atomic mass is 10.1. The number of benzene rings is 2. The highest BCUT2D eigenvalue weighted by molar-refractivity contribution is 5.99. The molecule has 2 heterocycles. The zero-order valence-electron chi connectivity index (χ0n) is 17.2. The summed E-state index contributed by atoms with van der Waals surface area (Å²) in [4.78, 5) is 14.4. The summed E-state index contributed by atoms with van der Waals surface area (Å²) >= 11 is 0. The second-order valence-corrected chi connectivity index (χ2v) is 7.33. The molecule has 30 heavy (non-hydrogen) atoms. The van der Waals surface area contributed by atoms with Gasteiger partial charge in [-0.1, -0.05) is 18.2 Å². The molecule has 2 N–H and O–H groups in total. The predicted octanol–water partition coefficient (Wildman–Crippen LogP) is 4.24. The van der Waals surface area contributed by atoms with E-state index in [0.29, 0.717) is 5.69 Å². The predicted molar refractivity (Wildman–Crippen MR) is 119 cm³/mol. The first-order chi connectivity index (χ1) is 14.6. The van der Waals surface area contributed by atoms with Gasteiger partial charge in [-0.05, 0) is 61.4 Å². The third-order valence-corrected chi connectivity index (χ3v) is 5.19. The second-order valence-electron chi connectivity index (χ2n) is 7.33. The number of urea groups is 1. The van der Waals surface area contributed by atoms with E-state index >= 15 is 0 Å². The fourth-order valence-electron chi connectivity index (χ4n) is 3.28. The van der Waals surface area contributed by atoms with Gasteiger partial charge in [0.15, 0.2) is 5.82 Å². The molecule has 0 bridgehead atoms. The lowest BCUT2D eigenvalue weighted by Gasteiger charge is -2.27. The third kappa shape index (κ3) is 4.75. The molecule has 4 rings (SSSR count). The number of ether oxygens (including phenoxy) is 1. The Kier molecular flexibility index (Phi) is 5.90. The number of nitrogens with zero attached hydrogens (tertiary/aromatic N) is 3. The van der Waals surface area contributed by atoms with Crippen molar-refractivity contribution >= 4 is 23.2 Å². The molecule has 3 aromatic rings. The summed E-state index contributed by atoms with van der Waals surface area (Å²) in [5, 5.41) is 14.4. The maximum Gasteiger partial charge on any atom is 0.323 e. The maximum atomic E-state index is 12.3. The van der Waals surface area contributed by atoms with Crippen molar-refractivity contribution in [2.75, 3.05) is 41.8 Å². The topological polar surface area (TPSA) is 79.4 Å². The molecule has 7 nitrogen and oxygen atoms in total. The molecule has 1 aliphatic rings. The number of nitrogens with one attached hydrogen (secondary N) is 2. The molecule has 0 unspecified atom stereocenters. The standard InChI is InChI=1S/C23H25N5O2/c1-16-3-6-20(15-17(16)2)25-23(29)24-19-7-4-18(5-8-19)21-9-10-22(27-26-21)28-11-13-30-14-12-28/h3-10,15H,11-14H2,1-2H3,(H2,24,25,29).